The van der Waals surface area contributed by atoms with Gasteiger partial charge in [0.1, 0.15) is 5.82 Å². The van der Waals surface area contributed by atoms with Crippen molar-refractivity contribution in [2.45, 2.75) is 34.1 Å². The summed E-state index contributed by atoms with van der Waals surface area (Å²) in [5.41, 5.74) is 9.32. The molecule has 2 aromatic rings. The second-order valence-electron chi connectivity index (χ2n) is 6.34. The Morgan fingerprint density at radius 1 is 1.19 bits per heavy atom. The van der Waals surface area contributed by atoms with Crippen LogP contribution in [-0.4, -0.2) is 23.3 Å². The second-order valence-corrected chi connectivity index (χ2v) is 6.34. The molecule has 32 heavy (non-hydrogen) atoms. The van der Waals surface area contributed by atoms with E-state index in [2.05, 4.69) is 32.9 Å². The zero-order chi connectivity index (χ0) is 23.9. The fraction of sp³-hybridized carbons (Fsp3) is 0.240. The molecule has 0 saturated carbocycles. The number of aliphatic imine (C=N–C) groups is 1. The van der Waals surface area contributed by atoms with Crippen LogP contribution in [0, 0.1) is 12.7 Å². The molecular formula is C25H32FN5O. The number of aromatic nitrogens is 2. The predicted octanol–water partition coefficient (Wildman–Crippen LogP) is 6.32. The Kier molecular flexibility index (Phi) is 11.7. The quantitative estimate of drug-likeness (QED) is 0.585. The average molecular weight is 438 g/mol. The molecule has 0 saturated heterocycles. The summed E-state index contributed by atoms with van der Waals surface area (Å²) in [5, 5.41) is 2.95. The summed E-state index contributed by atoms with van der Waals surface area (Å²) in [6.07, 6.45) is 12.5. The summed E-state index contributed by atoms with van der Waals surface area (Å²) in [4.78, 5) is 12.1. The fourth-order valence-electron chi connectivity index (χ4n) is 2.61. The molecule has 1 aromatic heterocycles. The lowest BCUT2D eigenvalue weighted by Gasteiger charge is -2.08. The van der Waals surface area contributed by atoms with Gasteiger partial charge in [-0.05, 0) is 49.6 Å². The molecule has 3 rings (SSSR count). The molecule has 0 spiro atoms. The third-order valence-corrected chi connectivity index (χ3v) is 4.02. The van der Waals surface area contributed by atoms with Crippen LogP contribution in [0.3, 0.4) is 0 Å². The van der Waals surface area contributed by atoms with Gasteiger partial charge < -0.3 is 15.8 Å². The van der Waals surface area contributed by atoms with Gasteiger partial charge in [0.2, 0.25) is 5.95 Å². The SMILES string of the molecule is C=C/C=C1/C=CN=C/C(=C/C)C1.CC.COc1ccc(Nc2cc(C)nc(N)n2)cc1F. The second kappa shape index (κ2) is 14.3. The van der Waals surface area contributed by atoms with Gasteiger partial charge in [-0.2, -0.15) is 4.98 Å². The molecule has 0 atom stereocenters. The van der Waals surface area contributed by atoms with Crippen molar-refractivity contribution >= 4 is 23.7 Å². The van der Waals surface area contributed by atoms with Crippen molar-refractivity contribution in [1.82, 2.24) is 9.97 Å². The van der Waals surface area contributed by atoms with E-state index in [9.17, 15) is 4.39 Å². The minimum absolute atomic E-state index is 0.173. The highest BCUT2D eigenvalue weighted by Gasteiger charge is 2.05. The molecule has 2 heterocycles. The van der Waals surface area contributed by atoms with Crippen LogP contribution in [0.15, 0.2) is 77.5 Å². The molecule has 6 nitrogen and oxygen atoms in total. The van der Waals surface area contributed by atoms with Crippen molar-refractivity contribution in [3.8, 4) is 5.75 Å². The van der Waals surface area contributed by atoms with Gasteiger partial charge in [-0.15, -0.1) is 0 Å². The van der Waals surface area contributed by atoms with Crippen LogP contribution in [0.2, 0.25) is 0 Å². The minimum Gasteiger partial charge on any atom is -0.494 e. The number of hydrogen-bond acceptors (Lipinski definition) is 6. The van der Waals surface area contributed by atoms with Gasteiger partial charge >= 0.3 is 0 Å². The van der Waals surface area contributed by atoms with Crippen LogP contribution in [0.5, 0.6) is 5.75 Å². The third-order valence-electron chi connectivity index (χ3n) is 4.02. The zero-order valence-electron chi connectivity index (χ0n) is 19.4. The molecule has 0 radical (unpaired) electrons. The Morgan fingerprint density at radius 2 is 1.94 bits per heavy atom. The van der Waals surface area contributed by atoms with Crippen LogP contribution >= 0.6 is 0 Å². The number of aryl methyl sites for hydroxylation is 1. The molecular weight excluding hydrogens is 405 g/mol. The van der Waals surface area contributed by atoms with Gasteiger partial charge in [0.25, 0.3) is 0 Å². The number of nitrogens with zero attached hydrogens (tertiary/aromatic N) is 3. The highest BCUT2D eigenvalue weighted by atomic mass is 19.1. The molecule has 7 heteroatoms. The molecule has 0 fully saturated rings. The topological polar surface area (TPSA) is 85.4 Å². The number of halogens is 1. The highest BCUT2D eigenvalue weighted by Crippen LogP contribution is 2.23. The van der Waals surface area contributed by atoms with E-state index in [-0.39, 0.29) is 11.7 Å². The van der Waals surface area contributed by atoms with Crippen molar-refractivity contribution < 1.29 is 9.13 Å². The number of nitrogens with one attached hydrogen (secondary N) is 1. The van der Waals surface area contributed by atoms with Gasteiger partial charge in [-0.1, -0.05) is 38.7 Å². The molecule has 0 bridgehead atoms. The number of methoxy groups -OCH3 is 1. The molecule has 0 amide bonds. The van der Waals surface area contributed by atoms with Crippen LogP contribution in [-0.2, 0) is 0 Å². The normalized spacial score (nSPS) is 14.6. The van der Waals surface area contributed by atoms with Crippen molar-refractivity contribution in [2.75, 3.05) is 18.2 Å². The van der Waals surface area contributed by atoms with Gasteiger partial charge in [0, 0.05) is 35.9 Å². The first-order chi connectivity index (χ1) is 15.4. The van der Waals surface area contributed by atoms with Crippen LogP contribution < -0.4 is 15.8 Å². The number of hydrogen-bond donors (Lipinski definition) is 2. The van der Waals surface area contributed by atoms with E-state index in [4.69, 9.17) is 10.5 Å². The first-order valence-electron chi connectivity index (χ1n) is 10.3. The predicted molar refractivity (Wildman–Crippen MR) is 133 cm³/mol. The summed E-state index contributed by atoms with van der Waals surface area (Å²) < 4.78 is 18.3. The summed E-state index contributed by atoms with van der Waals surface area (Å²) >= 11 is 0. The van der Waals surface area contributed by atoms with E-state index < -0.39 is 5.82 Å². The van der Waals surface area contributed by atoms with Gasteiger partial charge in [0.15, 0.2) is 11.6 Å². The van der Waals surface area contributed by atoms with E-state index >= 15 is 0 Å². The zero-order valence-corrected chi connectivity index (χ0v) is 19.4. The highest BCUT2D eigenvalue weighted by molar-refractivity contribution is 5.80. The van der Waals surface area contributed by atoms with Crippen molar-refractivity contribution in [3.05, 3.63) is 84.0 Å². The van der Waals surface area contributed by atoms with Gasteiger partial charge in [-0.25, -0.2) is 9.37 Å². The summed E-state index contributed by atoms with van der Waals surface area (Å²) in [6.45, 7) is 11.5. The number of anilines is 3. The van der Waals surface area contributed by atoms with Crippen molar-refractivity contribution in [3.63, 3.8) is 0 Å². The first-order valence-corrected chi connectivity index (χ1v) is 10.3. The molecule has 1 aromatic carbocycles. The van der Waals surface area contributed by atoms with Gasteiger partial charge in [-0.3, -0.25) is 4.99 Å². The Morgan fingerprint density at radius 3 is 2.53 bits per heavy atom. The largest absolute Gasteiger partial charge is 0.494 e. The molecule has 0 unspecified atom stereocenters. The molecule has 0 aliphatic carbocycles. The number of nitrogen functional groups attached to an aromatic ring is 1. The molecule has 3 N–H and O–H groups in total. The maximum absolute atomic E-state index is 13.5. The number of nitrogens with two attached hydrogens (primary N) is 1. The third kappa shape index (κ3) is 8.95. The summed E-state index contributed by atoms with van der Waals surface area (Å²) in [5.74, 6) is 0.441. The Labute approximate surface area is 190 Å². The maximum Gasteiger partial charge on any atom is 0.222 e. The smallest absolute Gasteiger partial charge is 0.222 e. The van der Waals surface area contributed by atoms with E-state index in [1.54, 1.807) is 25.1 Å². The molecule has 1 aliphatic rings. The Bertz CT molecular complexity index is 989. The maximum atomic E-state index is 13.5. The average Bonchev–Trinajstić information content (AvgIpc) is 3.00. The van der Waals surface area contributed by atoms with E-state index in [1.165, 1.54) is 30.4 Å². The number of rotatable bonds is 4. The van der Waals surface area contributed by atoms with Crippen LogP contribution in [0.25, 0.3) is 0 Å². The van der Waals surface area contributed by atoms with Crippen LogP contribution in [0.4, 0.5) is 21.8 Å². The van der Waals surface area contributed by atoms with Crippen molar-refractivity contribution in [1.29, 1.82) is 0 Å². The Balaban J connectivity index is 0.000000318. The lowest BCUT2D eigenvalue weighted by molar-refractivity contribution is 0.386. The van der Waals surface area contributed by atoms with Crippen molar-refractivity contribution in [2.24, 2.45) is 4.99 Å². The van der Waals surface area contributed by atoms with Crippen LogP contribution in [0.1, 0.15) is 32.9 Å². The first kappa shape index (κ1) is 26.3. The minimum atomic E-state index is -0.443. The molecule has 170 valence electrons. The number of benzene rings is 1. The molecule has 1 aliphatic heterocycles. The summed E-state index contributed by atoms with van der Waals surface area (Å²) in [7, 11) is 1.42. The Hall–Kier alpha value is -3.74. The fourth-order valence-corrected chi connectivity index (χ4v) is 2.61. The lowest BCUT2D eigenvalue weighted by atomic mass is 10.1. The van der Waals surface area contributed by atoms with E-state index in [0.717, 1.165) is 12.1 Å². The van der Waals surface area contributed by atoms with E-state index in [1.807, 2.05) is 45.3 Å². The van der Waals surface area contributed by atoms with Gasteiger partial charge in [0.05, 0.1) is 7.11 Å². The number of ether oxygens (including phenoxy) is 1. The lowest BCUT2D eigenvalue weighted by Crippen LogP contribution is -2.01. The van der Waals surface area contributed by atoms with E-state index in [0.29, 0.717) is 11.5 Å². The number of allylic oxidation sites excluding steroid dienone is 6. The standard InChI is InChI=1S/C12H13FN4O.C11H13N.C2H6/c1-7-5-11(17-12(14)15-7)16-8-3-4-10(18-2)9(13)6-8;1-3-5-11-6-7-12-9-10(4-2)8-11;1-2/h3-6H,1-2H3,(H3,14,15,16,17);3-7,9H,1,8H2,2H3;1-2H3/b;10-4+,11-5-;. The summed E-state index contributed by atoms with van der Waals surface area (Å²) in [6, 6.07) is 6.27. The monoisotopic (exact) mass is 437 g/mol.